The van der Waals surface area contributed by atoms with E-state index in [2.05, 4.69) is 0 Å². The van der Waals surface area contributed by atoms with Gasteiger partial charge >= 0.3 is 5.97 Å². The average molecular weight is 215 g/mol. The maximum absolute atomic E-state index is 13.2. The van der Waals surface area contributed by atoms with Crippen molar-refractivity contribution in [3.63, 3.8) is 0 Å². The van der Waals surface area contributed by atoms with Gasteiger partial charge in [0.2, 0.25) is 0 Å². The Bertz CT molecular complexity index is 368. The van der Waals surface area contributed by atoms with Crippen molar-refractivity contribution in [3.8, 4) is 0 Å². The number of carboxylic acid groups (broad SMARTS) is 1. The number of rotatable bonds is 4. The Labute approximate surface area is 85.9 Å². The molecule has 0 atom stereocenters. The van der Waals surface area contributed by atoms with Crippen LogP contribution >= 0.6 is 0 Å². The molecule has 3 nitrogen and oxygen atoms in total. The van der Waals surface area contributed by atoms with Crippen LogP contribution < -0.4 is 4.90 Å². The van der Waals surface area contributed by atoms with Gasteiger partial charge in [0.1, 0.15) is 11.6 Å². The summed E-state index contributed by atoms with van der Waals surface area (Å²) >= 11 is 0. The highest BCUT2D eigenvalue weighted by Gasteiger charge is 2.09. The lowest BCUT2D eigenvalue weighted by Crippen LogP contribution is -2.22. The molecule has 0 saturated heterocycles. The molecule has 5 heteroatoms. The largest absolute Gasteiger partial charge is 0.481 e. The van der Waals surface area contributed by atoms with Crippen molar-refractivity contribution >= 4 is 11.7 Å². The molecule has 82 valence electrons. The molecule has 1 aromatic rings. The predicted molar refractivity (Wildman–Crippen MR) is 51.9 cm³/mol. The molecule has 0 aliphatic rings. The number of hydrogen-bond donors (Lipinski definition) is 1. The van der Waals surface area contributed by atoms with E-state index >= 15 is 0 Å². The molecular weight excluding hydrogens is 204 g/mol. The minimum absolute atomic E-state index is 0.0660. The number of nitrogens with zero attached hydrogens (tertiary/aromatic N) is 1. The van der Waals surface area contributed by atoms with Gasteiger partial charge in [-0.05, 0) is 12.1 Å². The van der Waals surface area contributed by atoms with E-state index in [0.29, 0.717) is 0 Å². The van der Waals surface area contributed by atoms with Crippen LogP contribution in [-0.4, -0.2) is 24.7 Å². The van der Waals surface area contributed by atoms with E-state index < -0.39 is 17.6 Å². The van der Waals surface area contributed by atoms with Gasteiger partial charge in [0, 0.05) is 19.7 Å². The number of aliphatic carboxylic acids is 1. The normalized spacial score (nSPS) is 10.1. The first kappa shape index (κ1) is 11.4. The summed E-state index contributed by atoms with van der Waals surface area (Å²) in [5.41, 5.74) is 0.0660. The summed E-state index contributed by atoms with van der Waals surface area (Å²) in [6, 6.07) is 3.07. The van der Waals surface area contributed by atoms with Crippen molar-refractivity contribution in [3.05, 3.63) is 29.8 Å². The van der Waals surface area contributed by atoms with Crippen LogP contribution in [-0.2, 0) is 4.79 Å². The van der Waals surface area contributed by atoms with Crippen molar-refractivity contribution in [1.82, 2.24) is 0 Å². The first-order valence-electron chi connectivity index (χ1n) is 4.38. The maximum atomic E-state index is 13.2. The van der Waals surface area contributed by atoms with E-state index in [9.17, 15) is 13.6 Å². The molecule has 0 unspecified atom stereocenters. The second kappa shape index (κ2) is 4.72. The Hall–Kier alpha value is -1.65. The number of hydrogen-bond acceptors (Lipinski definition) is 2. The Morgan fingerprint density at radius 2 is 2.13 bits per heavy atom. The molecule has 15 heavy (non-hydrogen) atoms. The van der Waals surface area contributed by atoms with Gasteiger partial charge in [0.15, 0.2) is 0 Å². The predicted octanol–water partition coefficient (Wildman–Crippen LogP) is 1.88. The second-order valence-corrected chi connectivity index (χ2v) is 3.16. The van der Waals surface area contributed by atoms with E-state index in [1.807, 2.05) is 0 Å². The van der Waals surface area contributed by atoms with Crippen LogP contribution in [0.2, 0.25) is 0 Å². The first-order chi connectivity index (χ1) is 7.00. The summed E-state index contributed by atoms with van der Waals surface area (Å²) in [5.74, 6) is -2.09. The van der Waals surface area contributed by atoms with Crippen LogP contribution in [0.3, 0.4) is 0 Å². The highest BCUT2D eigenvalue weighted by molar-refractivity contribution is 5.67. The monoisotopic (exact) mass is 215 g/mol. The van der Waals surface area contributed by atoms with Crippen molar-refractivity contribution in [2.75, 3.05) is 18.5 Å². The molecule has 0 amide bonds. The quantitative estimate of drug-likeness (QED) is 0.833. The number of anilines is 1. The van der Waals surface area contributed by atoms with Crippen molar-refractivity contribution < 1.29 is 18.7 Å². The third-order valence-corrected chi connectivity index (χ3v) is 1.98. The third-order valence-electron chi connectivity index (χ3n) is 1.98. The van der Waals surface area contributed by atoms with E-state index in [1.54, 1.807) is 0 Å². The van der Waals surface area contributed by atoms with Crippen LogP contribution in [0, 0.1) is 11.6 Å². The molecule has 0 aliphatic carbocycles. The van der Waals surface area contributed by atoms with Crippen LogP contribution in [0.1, 0.15) is 6.42 Å². The lowest BCUT2D eigenvalue weighted by molar-refractivity contribution is -0.136. The first-order valence-corrected chi connectivity index (χ1v) is 4.38. The van der Waals surface area contributed by atoms with Gasteiger partial charge in [-0.1, -0.05) is 0 Å². The lowest BCUT2D eigenvalue weighted by Gasteiger charge is -2.18. The molecule has 0 saturated carbocycles. The number of benzene rings is 1. The Kier molecular flexibility index (Phi) is 3.60. The van der Waals surface area contributed by atoms with Crippen molar-refractivity contribution in [2.45, 2.75) is 6.42 Å². The fraction of sp³-hybridized carbons (Fsp3) is 0.300. The average Bonchev–Trinajstić information content (AvgIpc) is 2.18. The summed E-state index contributed by atoms with van der Waals surface area (Å²) in [4.78, 5) is 11.7. The lowest BCUT2D eigenvalue weighted by atomic mass is 10.2. The number of carbonyl (C=O) groups is 1. The minimum Gasteiger partial charge on any atom is -0.481 e. The van der Waals surface area contributed by atoms with Gasteiger partial charge in [-0.15, -0.1) is 0 Å². The molecule has 0 radical (unpaired) electrons. The summed E-state index contributed by atoms with van der Waals surface area (Å²) in [5, 5.41) is 8.44. The Morgan fingerprint density at radius 1 is 1.47 bits per heavy atom. The summed E-state index contributed by atoms with van der Waals surface area (Å²) in [7, 11) is 1.51. The molecule has 1 N–H and O–H groups in total. The zero-order valence-corrected chi connectivity index (χ0v) is 8.20. The van der Waals surface area contributed by atoms with Crippen molar-refractivity contribution in [1.29, 1.82) is 0 Å². The third kappa shape index (κ3) is 3.19. The van der Waals surface area contributed by atoms with E-state index in [0.717, 1.165) is 18.2 Å². The fourth-order valence-corrected chi connectivity index (χ4v) is 1.16. The number of carboxylic acids is 1. The van der Waals surface area contributed by atoms with Crippen LogP contribution in [0.25, 0.3) is 0 Å². The Morgan fingerprint density at radius 3 is 2.73 bits per heavy atom. The van der Waals surface area contributed by atoms with E-state index in [1.165, 1.54) is 11.9 Å². The van der Waals surface area contributed by atoms with Gasteiger partial charge in [-0.3, -0.25) is 4.79 Å². The molecule has 1 rings (SSSR count). The molecule has 0 fully saturated rings. The topological polar surface area (TPSA) is 40.5 Å². The van der Waals surface area contributed by atoms with Crippen LogP contribution in [0.4, 0.5) is 14.5 Å². The Balaban J connectivity index is 2.76. The fourth-order valence-electron chi connectivity index (χ4n) is 1.16. The summed E-state index contributed by atoms with van der Waals surface area (Å²) in [6.07, 6.45) is -0.119. The zero-order chi connectivity index (χ0) is 11.4. The van der Waals surface area contributed by atoms with Gasteiger partial charge in [0.25, 0.3) is 0 Å². The maximum Gasteiger partial charge on any atom is 0.305 e. The van der Waals surface area contributed by atoms with Crippen LogP contribution in [0.5, 0.6) is 0 Å². The second-order valence-electron chi connectivity index (χ2n) is 3.16. The van der Waals surface area contributed by atoms with E-state index in [-0.39, 0.29) is 18.7 Å². The highest BCUT2D eigenvalue weighted by Crippen LogP contribution is 2.19. The SMILES string of the molecule is CN(CCC(=O)O)c1cc(F)ccc1F. The molecule has 0 spiro atoms. The summed E-state index contributed by atoms with van der Waals surface area (Å²) < 4.78 is 26.0. The van der Waals surface area contributed by atoms with Crippen LogP contribution in [0.15, 0.2) is 18.2 Å². The van der Waals surface area contributed by atoms with E-state index in [4.69, 9.17) is 5.11 Å². The highest BCUT2D eigenvalue weighted by atomic mass is 19.1. The molecule has 0 heterocycles. The number of halogens is 2. The molecule has 1 aromatic carbocycles. The van der Waals surface area contributed by atoms with Gasteiger partial charge in [0.05, 0.1) is 12.1 Å². The standard InChI is InChI=1S/C10H11F2NO2/c1-13(5-4-10(14)15)9-6-7(11)2-3-8(9)12/h2-3,6H,4-5H2,1H3,(H,14,15). The zero-order valence-electron chi connectivity index (χ0n) is 8.20. The van der Waals surface area contributed by atoms with Crippen molar-refractivity contribution in [2.24, 2.45) is 0 Å². The molecule has 0 aliphatic heterocycles. The molecule has 0 bridgehead atoms. The van der Waals surface area contributed by atoms with Gasteiger partial charge < -0.3 is 10.0 Å². The smallest absolute Gasteiger partial charge is 0.305 e. The molecular formula is C10H11F2NO2. The molecule has 0 aromatic heterocycles. The minimum atomic E-state index is -0.973. The van der Waals surface area contributed by atoms with Gasteiger partial charge in [-0.2, -0.15) is 0 Å². The summed E-state index contributed by atoms with van der Waals surface area (Å²) in [6.45, 7) is 0.135. The van der Waals surface area contributed by atoms with Gasteiger partial charge in [-0.25, -0.2) is 8.78 Å².